The minimum atomic E-state index is -0.626. The quantitative estimate of drug-likeness (QED) is 0.554. The van der Waals surface area contributed by atoms with Crippen LogP contribution < -0.4 is 0 Å². The van der Waals surface area contributed by atoms with Crippen molar-refractivity contribution in [1.29, 1.82) is 0 Å². The number of hydrogen-bond acceptors (Lipinski definition) is 3. The predicted molar refractivity (Wildman–Crippen MR) is 122 cm³/mol. The van der Waals surface area contributed by atoms with Crippen molar-refractivity contribution in [3.05, 3.63) is 47.6 Å². The summed E-state index contributed by atoms with van der Waals surface area (Å²) in [6, 6.07) is 0. The number of aliphatic hydroxyl groups is 3. The number of aliphatic hydroxyl groups excluding tert-OH is 2. The molecule has 3 nitrogen and oxygen atoms in total. The van der Waals surface area contributed by atoms with Crippen molar-refractivity contribution < 1.29 is 15.3 Å². The van der Waals surface area contributed by atoms with Gasteiger partial charge in [0.1, 0.15) is 0 Å². The molecule has 0 bridgehead atoms. The summed E-state index contributed by atoms with van der Waals surface area (Å²) in [5, 5.41) is 30.2. The van der Waals surface area contributed by atoms with Gasteiger partial charge in [-0.15, -0.1) is 0 Å². The van der Waals surface area contributed by atoms with E-state index in [0.717, 1.165) is 24.0 Å². The van der Waals surface area contributed by atoms with E-state index in [9.17, 15) is 15.3 Å². The fraction of sp³-hybridized carbons (Fsp3) is 0.704. The molecule has 4 aliphatic rings. The van der Waals surface area contributed by atoms with Gasteiger partial charge in [-0.3, -0.25) is 0 Å². The SMILES string of the molecule is C=C1/C(=C\C=C2/CCC[C@@]3(C)[C@H]2CC[C@@]32C[C@@H]2/C=C/CC(C)(C)O)C[C@@H](O)C[C@@H]1O. The maximum absolute atomic E-state index is 10.1. The zero-order valence-corrected chi connectivity index (χ0v) is 19.0. The summed E-state index contributed by atoms with van der Waals surface area (Å²) in [6.07, 6.45) is 17.3. The smallest absolute Gasteiger partial charge is 0.0811 e. The Bertz CT molecular complexity index is 782. The molecular formula is C27H40O3. The van der Waals surface area contributed by atoms with Crippen molar-refractivity contribution in [2.45, 2.75) is 96.4 Å². The van der Waals surface area contributed by atoms with Crippen LogP contribution in [0.2, 0.25) is 0 Å². The van der Waals surface area contributed by atoms with E-state index >= 15 is 0 Å². The lowest BCUT2D eigenvalue weighted by atomic mass is 9.61. The molecule has 6 atom stereocenters. The Kier molecular flexibility index (Phi) is 5.70. The first kappa shape index (κ1) is 22.0. The van der Waals surface area contributed by atoms with Gasteiger partial charge in [-0.05, 0) is 99.0 Å². The summed E-state index contributed by atoms with van der Waals surface area (Å²) in [7, 11) is 0. The lowest BCUT2D eigenvalue weighted by Gasteiger charge is -2.43. The van der Waals surface area contributed by atoms with Crippen molar-refractivity contribution in [2.24, 2.45) is 22.7 Å². The van der Waals surface area contributed by atoms with Gasteiger partial charge < -0.3 is 15.3 Å². The molecule has 4 rings (SSSR count). The van der Waals surface area contributed by atoms with E-state index in [0.29, 0.717) is 35.5 Å². The van der Waals surface area contributed by atoms with Gasteiger partial charge in [0.25, 0.3) is 0 Å². The van der Waals surface area contributed by atoms with E-state index < -0.39 is 17.8 Å². The molecule has 30 heavy (non-hydrogen) atoms. The third kappa shape index (κ3) is 3.89. The summed E-state index contributed by atoms with van der Waals surface area (Å²) in [6.45, 7) is 10.3. The Morgan fingerprint density at radius 1 is 1.20 bits per heavy atom. The van der Waals surface area contributed by atoms with Gasteiger partial charge in [0, 0.05) is 6.42 Å². The molecule has 0 aliphatic heterocycles. The van der Waals surface area contributed by atoms with Crippen LogP contribution in [0.3, 0.4) is 0 Å². The molecule has 0 heterocycles. The highest BCUT2D eigenvalue weighted by molar-refractivity contribution is 5.39. The molecule has 0 aromatic carbocycles. The van der Waals surface area contributed by atoms with Gasteiger partial charge in [0.15, 0.2) is 0 Å². The van der Waals surface area contributed by atoms with Gasteiger partial charge in [0.05, 0.1) is 17.8 Å². The number of allylic oxidation sites excluding steroid dienone is 4. The standard InChI is InChI=1S/C27H40O3/c1-18-20(15-22(28)16-24(18)29)10-9-19-7-5-13-26(4)23(19)11-14-27(26)17-21(27)8-6-12-25(2,3)30/h6,8-10,21-24,28-30H,1,5,7,11-17H2,2-4H3/b8-6+,19-9+,20-10-/t21-,22+,23-,24-,26-,27-/m0/s1. The van der Waals surface area contributed by atoms with Crippen molar-refractivity contribution >= 4 is 0 Å². The second kappa shape index (κ2) is 7.76. The average Bonchev–Trinajstić information content (AvgIpc) is 3.27. The zero-order valence-electron chi connectivity index (χ0n) is 19.0. The second-order valence-corrected chi connectivity index (χ2v) is 11.3. The van der Waals surface area contributed by atoms with Gasteiger partial charge in [-0.2, -0.15) is 0 Å². The maximum Gasteiger partial charge on any atom is 0.0811 e. The fourth-order valence-electron chi connectivity index (χ4n) is 6.92. The van der Waals surface area contributed by atoms with Crippen LogP contribution in [-0.4, -0.2) is 33.1 Å². The van der Waals surface area contributed by atoms with E-state index in [-0.39, 0.29) is 0 Å². The van der Waals surface area contributed by atoms with Gasteiger partial charge in [0.2, 0.25) is 0 Å². The minimum Gasteiger partial charge on any atom is -0.393 e. The number of fused-ring (bicyclic) bond motifs is 2. The monoisotopic (exact) mass is 412 g/mol. The highest BCUT2D eigenvalue weighted by Gasteiger charge is 2.68. The Balaban J connectivity index is 1.50. The molecule has 3 heteroatoms. The van der Waals surface area contributed by atoms with E-state index in [2.05, 4.69) is 37.8 Å². The molecule has 0 unspecified atom stereocenters. The molecule has 0 amide bonds. The summed E-state index contributed by atoms with van der Waals surface area (Å²) < 4.78 is 0. The van der Waals surface area contributed by atoms with Crippen LogP contribution in [0.15, 0.2) is 47.6 Å². The normalized spacial score (nSPS) is 44.4. The van der Waals surface area contributed by atoms with Gasteiger partial charge in [-0.25, -0.2) is 0 Å². The predicted octanol–water partition coefficient (Wildman–Crippen LogP) is 5.23. The van der Waals surface area contributed by atoms with E-state index in [1.165, 1.54) is 32.1 Å². The minimum absolute atomic E-state index is 0.363. The first-order chi connectivity index (χ1) is 14.1. The molecule has 0 aromatic rings. The van der Waals surface area contributed by atoms with Crippen LogP contribution >= 0.6 is 0 Å². The summed E-state index contributed by atoms with van der Waals surface area (Å²) in [5.74, 6) is 1.30. The Labute approximate surface area is 182 Å². The Hall–Kier alpha value is -1.16. The molecule has 1 spiro atoms. The van der Waals surface area contributed by atoms with Crippen LogP contribution in [-0.2, 0) is 0 Å². The highest BCUT2D eigenvalue weighted by atomic mass is 16.3. The third-order valence-corrected chi connectivity index (χ3v) is 8.78. The Morgan fingerprint density at radius 2 is 1.97 bits per heavy atom. The van der Waals surface area contributed by atoms with Crippen LogP contribution in [0.25, 0.3) is 0 Å². The lowest BCUT2D eigenvalue weighted by molar-refractivity contribution is 0.0834. The van der Waals surface area contributed by atoms with Gasteiger partial charge in [-0.1, -0.05) is 43.4 Å². The Morgan fingerprint density at radius 3 is 2.70 bits per heavy atom. The van der Waals surface area contributed by atoms with Gasteiger partial charge >= 0.3 is 0 Å². The molecule has 4 aliphatic carbocycles. The van der Waals surface area contributed by atoms with E-state index in [1.807, 2.05) is 13.8 Å². The van der Waals surface area contributed by atoms with Crippen LogP contribution in [0, 0.1) is 22.7 Å². The molecule has 3 N–H and O–H groups in total. The van der Waals surface area contributed by atoms with E-state index in [4.69, 9.17) is 0 Å². The number of rotatable bonds is 4. The molecule has 0 saturated heterocycles. The van der Waals surface area contributed by atoms with Crippen molar-refractivity contribution in [3.8, 4) is 0 Å². The lowest BCUT2D eigenvalue weighted by Crippen LogP contribution is -2.35. The molecular weight excluding hydrogens is 372 g/mol. The topological polar surface area (TPSA) is 60.7 Å². The molecule has 4 fully saturated rings. The largest absolute Gasteiger partial charge is 0.393 e. The fourth-order valence-corrected chi connectivity index (χ4v) is 6.92. The second-order valence-electron chi connectivity index (χ2n) is 11.3. The first-order valence-electron chi connectivity index (χ1n) is 11.9. The molecule has 0 aromatic heterocycles. The molecule has 0 radical (unpaired) electrons. The summed E-state index contributed by atoms with van der Waals surface area (Å²) in [5.41, 5.74) is 3.52. The van der Waals surface area contributed by atoms with Crippen LogP contribution in [0.4, 0.5) is 0 Å². The molecule has 166 valence electrons. The van der Waals surface area contributed by atoms with Crippen molar-refractivity contribution in [1.82, 2.24) is 0 Å². The van der Waals surface area contributed by atoms with Crippen LogP contribution in [0.5, 0.6) is 0 Å². The van der Waals surface area contributed by atoms with E-state index in [1.54, 1.807) is 5.57 Å². The van der Waals surface area contributed by atoms with Crippen LogP contribution in [0.1, 0.15) is 78.6 Å². The number of hydrogen-bond donors (Lipinski definition) is 3. The zero-order chi connectivity index (χ0) is 21.7. The third-order valence-electron chi connectivity index (χ3n) is 8.78. The van der Waals surface area contributed by atoms with Crippen molar-refractivity contribution in [3.63, 3.8) is 0 Å². The summed E-state index contributed by atoms with van der Waals surface area (Å²) in [4.78, 5) is 0. The first-order valence-corrected chi connectivity index (χ1v) is 11.9. The summed E-state index contributed by atoms with van der Waals surface area (Å²) >= 11 is 0. The highest BCUT2D eigenvalue weighted by Crippen LogP contribution is 2.77. The van der Waals surface area contributed by atoms with Crippen molar-refractivity contribution in [2.75, 3.05) is 0 Å². The molecule has 4 saturated carbocycles. The maximum atomic E-state index is 10.1. The average molecular weight is 413 g/mol.